The summed E-state index contributed by atoms with van der Waals surface area (Å²) in [6.45, 7) is 4.78. The Morgan fingerprint density at radius 2 is 2.20 bits per heavy atom. The van der Waals surface area contributed by atoms with Gasteiger partial charge in [0.15, 0.2) is 0 Å². The summed E-state index contributed by atoms with van der Waals surface area (Å²) in [7, 11) is 1.70. The summed E-state index contributed by atoms with van der Waals surface area (Å²) < 4.78 is 1.10. The molecular formula is C15H22BrN3O. The van der Waals surface area contributed by atoms with Gasteiger partial charge in [0, 0.05) is 37.2 Å². The standard InChI is InChI=1S/C15H22BrN3O/c1-11(9-12-3-5-13(16)6-4-12)19-8-7-18-10-14(19)15(20)17-2/h3-6,11,14,18H,7-10H2,1-2H3,(H,17,20). The molecule has 1 aromatic carbocycles. The molecule has 1 aromatic rings. The van der Waals surface area contributed by atoms with E-state index in [0.29, 0.717) is 6.04 Å². The maximum Gasteiger partial charge on any atom is 0.238 e. The van der Waals surface area contributed by atoms with Gasteiger partial charge in [-0.05, 0) is 31.0 Å². The van der Waals surface area contributed by atoms with Crippen molar-refractivity contribution in [2.75, 3.05) is 26.7 Å². The van der Waals surface area contributed by atoms with Crippen molar-refractivity contribution in [3.63, 3.8) is 0 Å². The molecule has 1 amide bonds. The Morgan fingerprint density at radius 3 is 2.85 bits per heavy atom. The molecule has 0 saturated carbocycles. The number of hydrogen-bond acceptors (Lipinski definition) is 3. The van der Waals surface area contributed by atoms with Gasteiger partial charge in [-0.3, -0.25) is 9.69 Å². The number of benzene rings is 1. The predicted octanol–water partition coefficient (Wildman–Crippen LogP) is 1.40. The van der Waals surface area contributed by atoms with Crippen LogP contribution in [0.1, 0.15) is 12.5 Å². The lowest BCUT2D eigenvalue weighted by Crippen LogP contribution is -2.60. The highest BCUT2D eigenvalue weighted by molar-refractivity contribution is 9.10. The van der Waals surface area contributed by atoms with Crippen LogP contribution in [0.15, 0.2) is 28.7 Å². The average Bonchev–Trinajstić information content (AvgIpc) is 2.48. The van der Waals surface area contributed by atoms with E-state index >= 15 is 0 Å². The van der Waals surface area contributed by atoms with E-state index in [0.717, 1.165) is 30.5 Å². The summed E-state index contributed by atoms with van der Waals surface area (Å²) in [4.78, 5) is 14.3. The predicted molar refractivity (Wildman–Crippen MR) is 84.7 cm³/mol. The number of piperazine rings is 1. The Morgan fingerprint density at radius 1 is 1.50 bits per heavy atom. The van der Waals surface area contributed by atoms with Gasteiger partial charge in [0.25, 0.3) is 0 Å². The van der Waals surface area contributed by atoms with Gasteiger partial charge in [-0.2, -0.15) is 0 Å². The van der Waals surface area contributed by atoms with Gasteiger partial charge >= 0.3 is 0 Å². The molecule has 2 atom stereocenters. The SMILES string of the molecule is CNC(=O)C1CNCCN1C(C)Cc1ccc(Br)cc1. The lowest BCUT2D eigenvalue weighted by molar-refractivity contribution is -0.127. The smallest absolute Gasteiger partial charge is 0.238 e. The molecule has 20 heavy (non-hydrogen) atoms. The van der Waals surface area contributed by atoms with Crippen LogP contribution in [0.2, 0.25) is 0 Å². The highest BCUT2D eigenvalue weighted by Crippen LogP contribution is 2.16. The van der Waals surface area contributed by atoms with Crippen LogP contribution in [0.25, 0.3) is 0 Å². The van der Waals surface area contributed by atoms with Gasteiger partial charge in [0.2, 0.25) is 5.91 Å². The van der Waals surface area contributed by atoms with Crippen LogP contribution in [0.4, 0.5) is 0 Å². The molecule has 2 N–H and O–H groups in total. The fourth-order valence-corrected chi connectivity index (χ4v) is 3.00. The minimum atomic E-state index is -0.0702. The number of nitrogens with one attached hydrogen (secondary N) is 2. The van der Waals surface area contributed by atoms with Gasteiger partial charge in [-0.15, -0.1) is 0 Å². The van der Waals surface area contributed by atoms with Crippen molar-refractivity contribution in [2.24, 2.45) is 0 Å². The summed E-state index contributed by atoms with van der Waals surface area (Å²) in [6.07, 6.45) is 0.959. The third-order valence-electron chi connectivity index (χ3n) is 3.84. The van der Waals surface area contributed by atoms with E-state index < -0.39 is 0 Å². The number of halogens is 1. The van der Waals surface area contributed by atoms with E-state index in [4.69, 9.17) is 0 Å². The first-order valence-electron chi connectivity index (χ1n) is 7.04. The second-order valence-corrected chi connectivity index (χ2v) is 6.17. The van der Waals surface area contributed by atoms with Gasteiger partial charge in [-0.1, -0.05) is 28.1 Å². The normalized spacial score (nSPS) is 21.4. The summed E-state index contributed by atoms with van der Waals surface area (Å²) in [5.74, 6) is 0.0971. The topological polar surface area (TPSA) is 44.4 Å². The molecule has 1 fully saturated rings. The Kier molecular flexibility index (Phi) is 5.57. The molecule has 0 bridgehead atoms. The van der Waals surface area contributed by atoms with Crippen LogP contribution in [0.3, 0.4) is 0 Å². The first-order chi connectivity index (χ1) is 9.61. The lowest BCUT2D eigenvalue weighted by atomic mass is 10.0. The monoisotopic (exact) mass is 339 g/mol. The summed E-state index contributed by atoms with van der Waals surface area (Å²) in [5, 5.41) is 6.06. The Hall–Kier alpha value is -0.910. The fourth-order valence-electron chi connectivity index (χ4n) is 2.74. The lowest BCUT2D eigenvalue weighted by Gasteiger charge is -2.39. The second kappa shape index (κ2) is 7.20. The van der Waals surface area contributed by atoms with E-state index in [2.05, 4.69) is 62.7 Å². The van der Waals surface area contributed by atoms with Crippen molar-refractivity contribution in [1.82, 2.24) is 15.5 Å². The number of rotatable bonds is 4. The minimum Gasteiger partial charge on any atom is -0.358 e. The molecule has 110 valence electrons. The minimum absolute atomic E-state index is 0.0702. The number of carbonyl (C=O) groups is 1. The zero-order chi connectivity index (χ0) is 14.5. The number of nitrogens with zero attached hydrogens (tertiary/aromatic N) is 1. The van der Waals surface area contributed by atoms with Crippen LogP contribution in [-0.4, -0.2) is 49.6 Å². The van der Waals surface area contributed by atoms with E-state index in [1.807, 2.05) is 0 Å². The molecule has 1 aliphatic rings. The number of carbonyl (C=O) groups excluding carboxylic acids is 1. The summed E-state index contributed by atoms with van der Waals surface area (Å²) in [6, 6.07) is 8.68. The van der Waals surface area contributed by atoms with Crippen LogP contribution < -0.4 is 10.6 Å². The molecule has 0 spiro atoms. The van der Waals surface area contributed by atoms with Crippen LogP contribution in [-0.2, 0) is 11.2 Å². The van der Waals surface area contributed by atoms with E-state index in [1.54, 1.807) is 7.05 Å². The highest BCUT2D eigenvalue weighted by Gasteiger charge is 2.30. The molecule has 2 rings (SSSR count). The van der Waals surface area contributed by atoms with Gasteiger partial charge in [-0.25, -0.2) is 0 Å². The number of amides is 1. The molecule has 0 aromatic heterocycles. The van der Waals surface area contributed by atoms with Crippen molar-refractivity contribution in [2.45, 2.75) is 25.4 Å². The van der Waals surface area contributed by atoms with Gasteiger partial charge in [0.1, 0.15) is 6.04 Å². The molecule has 1 heterocycles. The Bertz CT molecular complexity index is 449. The second-order valence-electron chi connectivity index (χ2n) is 5.25. The molecule has 0 aliphatic carbocycles. The number of likely N-dealkylation sites (N-methyl/N-ethyl adjacent to an activating group) is 1. The first kappa shape index (κ1) is 15.5. The van der Waals surface area contributed by atoms with E-state index in [-0.39, 0.29) is 11.9 Å². The van der Waals surface area contributed by atoms with Crippen molar-refractivity contribution in [3.05, 3.63) is 34.3 Å². The quantitative estimate of drug-likeness (QED) is 0.871. The summed E-state index contributed by atoms with van der Waals surface area (Å²) in [5.41, 5.74) is 1.30. The zero-order valence-corrected chi connectivity index (χ0v) is 13.6. The van der Waals surface area contributed by atoms with Crippen molar-refractivity contribution in [3.8, 4) is 0 Å². The molecule has 4 nitrogen and oxygen atoms in total. The van der Waals surface area contributed by atoms with Gasteiger partial charge in [0.05, 0.1) is 0 Å². The third kappa shape index (κ3) is 3.81. The molecule has 0 radical (unpaired) electrons. The zero-order valence-electron chi connectivity index (χ0n) is 12.0. The van der Waals surface area contributed by atoms with Crippen LogP contribution in [0, 0.1) is 0 Å². The average molecular weight is 340 g/mol. The van der Waals surface area contributed by atoms with Crippen molar-refractivity contribution < 1.29 is 4.79 Å². The maximum atomic E-state index is 12.0. The molecule has 2 unspecified atom stereocenters. The first-order valence-corrected chi connectivity index (χ1v) is 7.83. The molecule has 1 saturated heterocycles. The summed E-state index contributed by atoms with van der Waals surface area (Å²) >= 11 is 3.45. The maximum absolute atomic E-state index is 12.0. The molecule has 5 heteroatoms. The third-order valence-corrected chi connectivity index (χ3v) is 4.37. The van der Waals surface area contributed by atoms with Crippen molar-refractivity contribution >= 4 is 21.8 Å². The number of hydrogen-bond donors (Lipinski definition) is 2. The molecule has 1 aliphatic heterocycles. The van der Waals surface area contributed by atoms with E-state index in [9.17, 15) is 4.79 Å². The highest BCUT2D eigenvalue weighted by atomic mass is 79.9. The largest absolute Gasteiger partial charge is 0.358 e. The fraction of sp³-hybridized carbons (Fsp3) is 0.533. The van der Waals surface area contributed by atoms with Gasteiger partial charge < -0.3 is 10.6 Å². The molecular weight excluding hydrogens is 318 g/mol. The van der Waals surface area contributed by atoms with Crippen molar-refractivity contribution in [1.29, 1.82) is 0 Å². The van der Waals surface area contributed by atoms with Crippen LogP contribution in [0.5, 0.6) is 0 Å². The Balaban J connectivity index is 2.03. The van der Waals surface area contributed by atoms with E-state index in [1.165, 1.54) is 5.56 Å². The Labute approximate surface area is 129 Å². The van der Waals surface area contributed by atoms with Crippen LogP contribution >= 0.6 is 15.9 Å².